The standard InChI is InChI=1S/C10H12ClNO2/c1-14-10-3-2-8(6-9(10)11)4-5-12-7-13/h2-3,6-7H,4-5H2,1H3,(H,12,13). The summed E-state index contributed by atoms with van der Waals surface area (Å²) >= 11 is 5.93. The van der Waals surface area contributed by atoms with Crippen molar-refractivity contribution in [1.29, 1.82) is 0 Å². The fourth-order valence-electron chi connectivity index (χ4n) is 1.14. The van der Waals surface area contributed by atoms with Crippen molar-refractivity contribution >= 4 is 18.0 Å². The van der Waals surface area contributed by atoms with E-state index in [9.17, 15) is 4.79 Å². The van der Waals surface area contributed by atoms with Gasteiger partial charge >= 0.3 is 0 Å². The Morgan fingerprint density at radius 3 is 2.93 bits per heavy atom. The van der Waals surface area contributed by atoms with Gasteiger partial charge in [-0.15, -0.1) is 0 Å². The number of nitrogens with one attached hydrogen (secondary N) is 1. The number of methoxy groups -OCH3 is 1. The van der Waals surface area contributed by atoms with Crippen molar-refractivity contribution in [3.05, 3.63) is 28.8 Å². The lowest BCUT2D eigenvalue weighted by Crippen LogP contribution is -2.14. The molecule has 0 saturated heterocycles. The second-order valence-electron chi connectivity index (χ2n) is 2.79. The third-order valence-corrected chi connectivity index (χ3v) is 2.15. The predicted octanol–water partition coefficient (Wildman–Crippen LogP) is 1.64. The van der Waals surface area contributed by atoms with Gasteiger partial charge in [0.2, 0.25) is 6.41 Å². The second-order valence-corrected chi connectivity index (χ2v) is 3.20. The van der Waals surface area contributed by atoms with E-state index in [1.54, 1.807) is 7.11 Å². The van der Waals surface area contributed by atoms with Crippen molar-refractivity contribution in [3.63, 3.8) is 0 Å². The van der Waals surface area contributed by atoms with E-state index in [2.05, 4.69) is 5.32 Å². The second kappa shape index (κ2) is 5.50. The number of ether oxygens (including phenoxy) is 1. The molecule has 0 saturated carbocycles. The normalized spacial score (nSPS) is 9.57. The third kappa shape index (κ3) is 2.92. The van der Waals surface area contributed by atoms with Crippen LogP contribution >= 0.6 is 11.6 Å². The van der Waals surface area contributed by atoms with Crippen LogP contribution in [0.5, 0.6) is 5.75 Å². The number of carbonyl (C=O) groups excluding carboxylic acids is 1. The molecule has 0 radical (unpaired) electrons. The molecular formula is C10H12ClNO2. The molecule has 3 nitrogen and oxygen atoms in total. The van der Waals surface area contributed by atoms with Crippen molar-refractivity contribution in [3.8, 4) is 5.75 Å². The minimum Gasteiger partial charge on any atom is -0.495 e. The lowest BCUT2D eigenvalue weighted by Gasteiger charge is -2.05. The van der Waals surface area contributed by atoms with Crippen LogP contribution in [-0.4, -0.2) is 20.1 Å². The first kappa shape index (κ1) is 10.9. The zero-order valence-electron chi connectivity index (χ0n) is 7.92. The van der Waals surface area contributed by atoms with E-state index in [4.69, 9.17) is 16.3 Å². The Bertz CT molecular complexity index is 315. The SMILES string of the molecule is COc1ccc(CCNC=O)cc1Cl. The fraction of sp³-hybridized carbons (Fsp3) is 0.300. The number of rotatable bonds is 5. The minimum atomic E-state index is 0.594. The maximum atomic E-state index is 10.0. The zero-order valence-corrected chi connectivity index (χ0v) is 8.67. The summed E-state index contributed by atoms with van der Waals surface area (Å²) in [6.07, 6.45) is 1.45. The molecular weight excluding hydrogens is 202 g/mol. The summed E-state index contributed by atoms with van der Waals surface area (Å²) in [6, 6.07) is 5.59. The molecule has 0 fully saturated rings. The topological polar surface area (TPSA) is 38.3 Å². The van der Waals surface area contributed by atoms with Gasteiger partial charge in [-0.1, -0.05) is 17.7 Å². The molecule has 0 unspecified atom stereocenters. The molecule has 4 heteroatoms. The van der Waals surface area contributed by atoms with Gasteiger partial charge in [0.25, 0.3) is 0 Å². The molecule has 0 atom stereocenters. The molecule has 1 amide bonds. The van der Waals surface area contributed by atoms with Crippen molar-refractivity contribution in [2.75, 3.05) is 13.7 Å². The lowest BCUT2D eigenvalue weighted by atomic mass is 10.1. The van der Waals surface area contributed by atoms with E-state index >= 15 is 0 Å². The Labute approximate surface area is 88.0 Å². The average Bonchev–Trinajstić information content (AvgIpc) is 2.18. The molecule has 1 aromatic rings. The Morgan fingerprint density at radius 1 is 1.57 bits per heavy atom. The van der Waals surface area contributed by atoms with Crippen LogP contribution in [0.2, 0.25) is 5.02 Å². The molecule has 14 heavy (non-hydrogen) atoms. The summed E-state index contributed by atoms with van der Waals surface area (Å²) in [5.41, 5.74) is 1.07. The highest BCUT2D eigenvalue weighted by Crippen LogP contribution is 2.24. The molecule has 0 bridgehead atoms. The Morgan fingerprint density at radius 2 is 2.36 bits per heavy atom. The van der Waals surface area contributed by atoms with Crippen LogP contribution in [0.25, 0.3) is 0 Å². The maximum absolute atomic E-state index is 10.0. The van der Waals surface area contributed by atoms with E-state index in [1.807, 2.05) is 18.2 Å². The van der Waals surface area contributed by atoms with Crippen LogP contribution in [0.4, 0.5) is 0 Å². The predicted molar refractivity (Wildman–Crippen MR) is 55.8 cm³/mol. The molecule has 1 rings (SSSR count). The van der Waals surface area contributed by atoms with E-state index < -0.39 is 0 Å². The van der Waals surface area contributed by atoms with Gasteiger partial charge in [0.05, 0.1) is 12.1 Å². The first-order valence-electron chi connectivity index (χ1n) is 4.27. The number of amides is 1. The molecule has 0 heterocycles. The highest BCUT2D eigenvalue weighted by Gasteiger charge is 2.00. The molecule has 76 valence electrons. The maximum Gasteiger partial charge on any atom is 0.207 e. The van der Waals surface area contributed by atoms with Gasteiger partial charge in [0, 0.05) is 6.54 Å². The van der Waals surface area contributed by atoms with Crippen LogP contribution in [0, 0.1) is 0 Å². The number of carbonyl (C=O) groups is 1. The van der Waals surface area contributed by atoms with E-state index in [0.29, 0.717) is 23.7 Å². The first-order valence-corrected chi connectivity index (χ1v) is 4.65. The fourth-order valence-corrected chi connectivity index (χ4v) is 1.42. The van der Waals surface area contributed by atoms with E-state index in [0.717, 1.165) is 12.0 Å². The van der Waals surface area contributed by atoms with Gasteiger partial charge < -0.3 is 10.1 Å². The van der Waals surface area contributed by atoms with Crippen LogP contribution in [0.3, 0.4) is 0 Å². The Hall–Kier alpha value is -1.22. The first-order chi connectivity index (χ1) is 6.77. The number of hydrogen-bond acceptors (Lipinski definition) is 2. The highest BCUT2D eigenvalue weighted by atomic mass is 35.5. The van der Waals surface area contributed by atoms with Gasteiger partial charge in [-0.2, -0.15) is 0 Å². The number of hydrogen-bond donors (Lipinski definition) is 1. The average molecular weight is 214 g/mol. The summed E-state index contributed by atoms with van der Waals surface area (Å²) in [4.78, 5) is 10.0. The van der Waals surface area contributed by atoms with Crippen LogP contribution in [0.15, 0.2) is 18.2 Å². The smallest absolute Gasteiger partial charge is 0.207 e. The van der Waals surface area contributed by atoms with Crippen LogP contribution in [0.1, 0.15) is 5.56 Å². The number of halogens is 1. The highest BCUT2D eigenvalue weighted by molar-refractivity contribution is 6.32. The molecule has 0 aliphatic heterocycles. The van der Waals surface area contributed by atoms with Crippen LogP contribution in [-0.2, 0) is 11.2 Å². The number of benzene rings is 1. The van der Waals surface area contributed by atoms with Gasteiger partial charge in [-0.05, 0) is 24.1 Å². The van der Waals surface area contributed by atoms with Gasteiger partial charge in [0.1, 0.15) is 5.75 Å². The minimum absolute atomic E-state index is 0.594. The molecule has 0 aliphatic rings. The Kier molecular flexibility index (Phi) is 4.26. The van der Waals surface area contributed by atoms with Crippen molar-refractivity contribution in [2.24, 2.45) is 0 Å². The molecule has 0 aliphatic carbocycles. The Balaban J connectivity index is 2.61. The third-order valence-electron chi connectivity index (χ3n) is 1.86. The van der Waals surface area contributed by atoms with Gasteiger partial charge in [0.15, 0.2) is 0 Å². The summed E-state index contributed by atoms with van der Waals surface area (Å²) in [5.74, 6) is 0.666. The summed E-state index contributed by atoms with van der Waals surface area (Å²) in [6.45, 7) is 0.617. The van der Waals surface area contributed by atoms with Gasteiger partial charge in [-0.25, -0.2) is 0 Å². The largest absolute Gasteiger partial charge is 0.495 e. The molecule has 1 N–H and O–H groups in total. The van der Waals surface area contributed by atoms with E-state index in [-0.39, 0.29) is 0 Å². The molecule has 1 aromatic carbocycles. The van der Waals surface area contributed by atoms with Crippen molar-refractivity contribution in [2.45, 2.75) is 6.42 Å². The van der Waals surface area contributed by atoms with Crippen molar-refractivity contribution < 1.29 is 9.53 Å². The van der Waals surface area contributed by atoms with E-state index in [1.165, 1.54) is 0 Å². The summed E-state index contributed by atoms with van der Waals surface area (Å²) in [5, 5.41) is 3.18. The molecule has 0 spiro atoms. The monoisotopic (exact) mass is 213 g/mol. The van der Waals surface area contributed by atoms with Crippen molar-refractivity contribution in [1.82, 2.24) is 5.32 Å². The lowest BCUT2D eigenvalue weighted by molar-refractivity contribution is -0.109. The summed E-state index contributed by atoms with van der Waals surface area (Å²) in [7, 11) is 1.58. The summed E-state index contributed by atoms with van der Waals surface area (Å²) < 4.78 is 5.02. The zero-order chi connectivity index (χ0) is 10.4. The van der Waals surface area contributed by atoms with Gasteiger partial charge in [-0.3, -0.25) is 4.79 Å². The van der Waals surface area contributed by atoms with Crippen LogP contribution < -0.4 is 10.1 Å². The molecule has 0 aromatic heterocycles. The quantitative estimate of drug-likeness (QED) is 0.597.